The molecule has 2 heteroatoms. The Kier molecular flexibility index (Phi) is 2.92. The molecule has 4 rings (SSSR count). The maximum atomic E-state index is 4.25. The van der Waals surface area contributed by atoms with E-state index >= 15 is 0 Å². The summed E-state index contributed by atoms with van der Waals surface area (Å²) in [6.45, 7) is 1.10. The second-order valence-electron chi connectivity index (χ2n) is 6.39. The van der Waals surface area contributed by atoms with Gasteiger partial charge in [-0.2, -0.15) is 0 Å². The molecule has 3 aliphatic rings. The van der Waals surface area contributed by atoms with Gasteiger partial charge >= 0.3 is 0 Å². The van der Waals surface area contributed by atoms with E-state index in [1.165, 1.54) is 50.5 Å². The van der Waals surface area contributed by atoms with Crippen LogP contribution in [0.2, 0.25) is 0 Å². The normalized spacial score (nSPS) is 30.5. The van der Waals surface area contributed by atoms with Crippen molar-refractivity contribution in [3.63, 3.8) is 0 Å². The zero-order valence-corrected chi connectivity index (χ0v) is 11.5. The van der Waals surface area contributed by atoms with Crippen molar-refractivity contribution in [2.75, 3.05) is 0 Å². The molecule has 2 saturated heterocycles. The maximum absolute atomic E-state index is 4.25. The maximum Gasteiger partial charge on any atom is 0.0312 e. The quantitative estimate of drug-likeness (QED) is 0.748. The molecule has 2 unspecified atom stereocenters. The van der Waals surface area contributed by atoms with Crippen LogP contribution in [0, 0.1) is 0 Å². The molecule has 0 spiro atoms. The summed E-state index contributed by atoms with van der Waals surface area (Å²) >= 11 is 0. The van der Waals surface area contributed by atoms with Gasteiger partial charge in [-0.25, -0.2) is 0 Å². The number of pyridine rings is 1. The topological polar surface area (TPSA) is 16.1 Å². The summed E-state index contributed by atoms with van der Waals surface area (Å²) in [5, 5.41) is 0. The van der Waals surface area contributed by atoms with E-state index in [0.717, 1.165) is 18.6 Å². The van der Waals surface area contributed by atoms with Crippen molar-refractivity contribution in [3.05, 3.63) is 41.2 Å². The fourth-order valence-corrected chi connectivity index (χ4v) is 4.06. The summed E-state index contributed by atoms with van der Waals surface area (Å²) in [7, 11) is 0. The minimum absolute atomic E-state index is 0.807. The molecule has 1 aromatic heterocycles. The zero-order chi connectivity index (χ0) is 12.7. The van der Waals surface area contributed by atoms with Gasteiger partial charge in [0.05, 0.1) is 0 Å². The summed E-state index contributed by atoms with van der Waals surface area (Å²) in [5.74, 6) is 0. The highest BCUT2D eigenvalue weighted by atomic mass is 15.2. The number of allylic oxidation sites excluding steroid dienone is 1. The Morgan fingerprint density at radius 1 is 1.11 bits per heavy atom. The second kappa shape index (κ2) is 4.75. The second-order valence-corrected chi connectivity index (χ2v) is 6.39. The third kappa shape index (κ3) is 2.12. The number of rotatable bonds is 2. The fraction of sp³-hybridized carbons (Fsp3) is 0.588. The molecule has 0 aromatic carbocycles. The van der Waals surface area contributed by atoms with Gasteiger partial charge in [-0.3, -0.25) is 9.88 Å². The molecule has 3 fully saturated rings. The molecule has 3 heterocycles. The smallest absolute Gasteiger partial charge is 0.0312 e. The lowest BCUT2D eigenvalue weighted by atomic mass is 9.82. The Morgan fingerprint density at radius 3 is 2.47 bits per heavy atom. The number of piperidine rings is 1. The van der Waals surface area contributed by atoms with Crippen molar-refractivity contribution < 1.29 is 0 Å². The van der Waals surface area contributed by atoms with Gasteiger partial charge in [0.15, 0.2) is 0 Å². The summed E-state index contributed by atoms with van der Waals surface area (Å²) < 4.78 is 0. The molecule has 0 radical (unpaired) electrons. The van der Waals surface area contributed by atoms with Crippen molar-refractivity contribution in [2.45, 2.75) is 63.6 Å². The minimum atomic E-state index is 0.807. The van der Waals surface area contributed by atoms with E-state index in [1.54, 1.807) is 0 Å². The van der Waals surface area contributed by atoms with Gasteiger partial charge in [0.1, 0.15) is 0 Å². The lowest BCUT2D eigenvalue weighted by Crippen LogP contribution is -2.40. The molecule has 19 heavy (non-hydrogen) atoms. The van der Waals surface area contributed by atoms with E-state index < -0.39 is 0 Å². The van der Waals surface area contributed by atoms with Gasteiger partial charge in [0.2, 0.25) is 0 Å². The Bertz CT molecular complexity index is 469. The zero-order valence-electron chi connectivity index (χ0n) is 11.5. The number of hydrogen-bond acceptors (Lipinski definition) is 2. The molecule has 2 aliphatic heterocycles. The fourth-order valence-electron chi connectivity index (χ4n) is 4.06. The van der Waals surface area contributed by atoms with Crippen LogP contribution in [-0.4, -0.2) is 22.0 Å². The Labute approximate surface area is 115 Å². The highest BCUT2D eigenvalue weighted by Crippen LogP contribution is 2.43. The monoisotopic (exact) mass is 254 g/mol. The number of fused-ring (bicyclic) bond motifs is 2. The predicted molar refractivity (Wildman–Crippen MR) is 76.7 cm³/mol. The van der Waals surface area contributed by atoms with Crippen LogP contribution in [0.3, 0.4) is 0 Å². The average molecular weight is 254 g/mol. The van der Waals surface area contributed by atoms with Gasteiger partial charge in [-0.15, -0.1) is 0 Å². The Balaban J connectivity index is 1.51. The third-order valence-corrected chi connectivity index (χ3v) is 5.28. The van der Waals surface area contributed by atoms with Gasteiger partial charge in [-0.1, -0.05) is 17.2 Å². The molecular weight excluding hydrogens is 232 g/mol. The SMILES string of the molecule is c1cncc(CN2C3CCC2CC(=C2CCC2)C3)c1. The van der Waals surface area contributed by atoms with Gasteiger partial charge < -0.3 is 0 Å². The first kappa shape index (κ1) is 11.7. The molecular formula is C17H22N2. The first-order chi connectivity index (χ1) is 9.40. The van der Waals surface area contributed by atoms with Crippen molar-refractivity contribution >= 4 is 0 Å². The number of hydrogen-bond donors (Lipinski definition) is 0. The van der Waals surface area contributed by atoms with Gasteiger partial charge in [0.25, 0.3) is 0 Å². The number of aromatic nitrogens is 1. The Morgan fingerprint density at radius 2 is 1.89 bits per heavy atom. The van der Waals surface area contributed by atoms with Gasteiger partial charge in [0, 0.05) is 31.0 Å². The predicted octanol–water partition coefficient (Wildman–Crippen LogP) is 3.69. The minimum Gasteiger partial charge on any atom is -0.292 e. The van der Waals surface area contributed by atoms with Crippen LogP contribution in [0.1, 0.15) is 50.5 Å². The lowest BCUT2D eigenvalue weighted by molar-refractivity contribution is 0.155. The van der Waals surface area contributed by atoms with Crippen LogP contribution < -0.4 is 0 Å². The highest BCUT2D eigenvalue weighted by molar-refractivity contribution is 5.25. The molecule has 0 amide bonds. The van der Waals surface area contributed by atoms with Crippen LogP contribution in [0.25, 0.3) is 0 Å². The molecule has 2 atom stereocenters. The molecule has 0 N–H and O–H groups in total. The molecule has 1 aromatic rings. The van der Waals surface area contributed by atoms with E-state index in [1.807, 2.05) is 23.5 Å². The lowest BCUT2D eigenvalue weighted by Gasteiger charge is -2.38. The summed E-state index contributed by atoms with van der Waals surface area (Å²) in [6.07, 6.45) is 13.6. The molecule has 100 valence electrons. The summed E-state index contributed by atoms with van der Waals surface area (Å²) in [4.78, 5) is 7.00. The van der Waals surface area contributed by atoms with E-state index in [4.69, 9.17) is 0 Å². The molecule has 1 aliphatic carbocycles. The van der Waals surface area contributed by atoms with Crippen LogP contribution in [0.4, 0.5) is 0 Å². The van der Waals surface area contributed by atoms with Crippen molar-refractivity contribution in [1.29, 1.82) is 0 Å². The highest BCUT2D eigenvalue weighted by Gasteiger charge is 2.39. The summed E-state index contributed by atoms with van der Waals surface area (Å²) in [6, 6.07) is 5.89. The Hall–Kier alpha value is -1.15. The van der Waals surface area contributed by atoms with Crippen LogP contribution >= 0.6 is 0 Å². The van der Waals surface area contributed by atoms with E-state index in [-0.39, 0.29) is 0 Å². The van der Waals surface area contributed by atoms with Gasteiger partial charge in [-0.05, 0) is 56.6 Å². The largest absolute Gasteiger partial charge is 0.292 e. The molecule has 1 saturated carbocycles. The van der Waals surface area contributed by atoms with Crippen molar-refractivity contribution in [3.8, 4) is 0 Å². The van der Waals surface area contributed by atoms with Crippen molar-refractivity contribution in [1.82, 2.24) is 9.88 Å². The van der Waals surface area contributed by atoms with E-state index in [0.29, 0.717) is 0 Å². The molecule has 2 bridgehead atoms. The summed E-state index contributed by atoms with van der Waals surface area (Å²) in [5.41, 5.74) is 5.03. The van der Waals surface area contributed by atoms with Crippen LogP contribution in [0.5, 0.6) is 0 Å². The van der Waals surface area contributed by atoms with Crippen LogP contribution in [0.15, 0.2) is 35.7 Å². The van der Waals surface area contributed by atoms with E-state index in [9.17, 15) is 0 Å². The standard InChI is InChI=1S/C17H22N2/c1-4-14(5-1)15-9-16-6-7-17(10-15)19(16)12-13-3-2-8-18-11-13/h2-3,8,11,16-17H,1,4-7,9-10,12H2. The first-order valence-electron chi connectivity index (χ1n) is 7.74. The van der Waals surface area contributed by atoms with E-state index in [2.05, 4.69) is 22.0 Å². The number of nitrogens with zero attached hydrogens (tertiary/aromatic N) is 2. The molecule has 2 nitrogen and oxygen atoms in total. The third-order valence-electron chi connectivity index (χ3n) is 5.28. The van der Waals surface area contributed by atoms with Crippen molar-refractivity contribution in [2.24, 2.45) is 0 Å². The average Bonchev–Trinajstić information content (AvgIpc) is 2.60. The van der Waals surface area contributed by atoms with Crippen LogP contribution in [-0.2, 0) is 6.54 Å². The first-order valence-corrected chi connectivity index (χ1v) is 7.74.